The van der Waals surface area contributed by atoms with Crippen LogP contribution in [0.3, 0.4) is 0 Å². The summed E-state index contributed by atoms with van der Waals surface area (Å²) >= 11 is 3.58. The van der Waals surface area contributed by atoms with Crippen molar-refractivity contribution in [2.75, 3.05) is 31.5 Å². The lowest BCUT2D eigenvalue weighted by molar-refractivity contribution is 0.0714. The monoisotopic (exact) mass is 478 g/mol. The van der Waals surface area contributed by atoms with E-state index in [4.69, 9.17) is 0 Å². The minimum absolute atomic E-state index is 0.0366. The molecule has 2 heterocycles. The Morgan fingerprint density at radius 3 is 2.65 bits per heavy atom. The molecule has 6 heteroatoms. The molecule has 0 atom stereocenters. The number of amides is 1. The molecular weight excluding hydrogens is 452 g/mol. The Kier molecular flexibility index (Phi) is 7.33. The average molecular weight is 479 g/mol. The highest BCUT2D eigenvalue weighted by molar-refractivity contribution is 9.10. The van der Waals surface area contributed by atoms with Gasteiger partial charge in [0.25, 0.3) is 5.91 Å². The second-order valence-electron chi connectivity index (χ2n) is 7.79. The molecule has 0 aliphatic carbocycles. The summed E-state index contributed by atoms with van der Waals surface area (Å²) < 4.78 is 1.01. The van der Waals surface area contributed by atoms with Crippen LogP contribution in [-0.2, 0) is 13.1 Å². The van der Waals surface area contributed by atoms with Crippen molar-refractivity contribution in [1.29, 1.82) is 0 Å². The van der Waals surface area contributed by atoms with Crippen LogP contribution >= 0.6 is 15.9 Å². The normalized spacial score (nSPS) is 15.5. The Bertz CT molecular complexity index is 997. The first-order valence-electron chi connectivity index (χ1n) is 10.7. The van der Waals surface area contributed by atoms with Gasteiger partial charge in [0.1, 0.15) is 5.69 Å². The topological polar surface area (TPSA) is 48.5 Å². The van der Waals surface area contributed by atoms with Crippen LogP contribution in [0.25, 0.3) is 0 Å². The van der Waals surface area contributed by atoms with Gasteiger partial charge in [-0.25, -0.2) is 0 Å². The zero-order chi connectivity index (χ0) is 21.5. The van der Waals surface area contributed by atoms with E-state index in [1.165, 1.54) is 5.56 Å². The smallest absolute Gasteiger partial charge is 0.272 e. The fraction of sp³-hybridized carbons (Fsp3) is 0.280. The van der Waals surface area contributed by atoms with E-state index >= 15 is 0 Å². The molecule has 3 aromatic rings. The number of aromatic nitrogens is 1. The van der Waals surface area contributed by atoms with E-state index in [1.807, 2.05) is 29.2 Å². The highest BCUT2D eigenvalue weighted by Gasteiger charge is 2.21. The van der Waals surface area contributed by atoms with Gasteiger partial charge in [-0.05, 0) is 47.9 Å². The summed E-state index contributed by atoms with van der Waals surface area (Å²) in [4.78, 5) is 22.0. The van der Waals surface area contributed by atoms with Gasteiger partial charge >= 0.3 is 0 Å². The van der Waals surface area contributed by atoms with Crippen molar-refractivity contribution in [2.24, 2.45) is 0 Å². The van der Waals surface area contributed by atoms with E-state index in [0.717, 1.165) is 48.3 Å². The largest absolute Gasteiger partial charge is 0.385 e. The molecule has 0 unspecified atom stereocenters. The number of carbonyl (C=O) groups excluding carboxylic acids is 1. The zero-order valence-electron chi connectivity index (χ0n) is 17.5. The van der Waals surface area contributed by atoms with E-state index in [9.17, 15) is 4.79 Å². The van der Waals surface area contributed by atoms with Gasteiger partial charge in [0.2, 0.25) is 0 Å². The molecule has 1 aliphatic heterocycles. The minimum atomic E-state index is -0.0366. The molecule has 160 valence electrons. The molecule has 0 saturated carbocycles. The number of rotatable bonds is 3. The van der Waals surface area contributed by atoms with Gasteiger partial charge in [-0.15, -0.1) is 0 Å². The van der Waals surface area contributed by atoms with Crippen LogP contribution in [0.5, 0.6) is 0 Å². The fourth-order valence-electron chi connectivity index (χ4n) is 3.87. The van der Waals surface area contributed by atoms with Gasteiger partial charge in [0, 0.05) is 55.6 Å². The Balaban J connectivity index is 1.59. The third kappa shape index (κ3) is 5.93. The van der Waals surface area contributed by atoms with Crippen LogP contribution in [0.4, 0.5) is 5.69 Å². The second kappa shape index (κ2) is 10.6. The summed E-state index contributed by atoms with van der Waals surface area (Å²) in [6, 6.07) is 22.2. The molecule has 5 nitrogen and oxygen atoms in total. The molecule has 0 bridgehead atoms. The third-order valence-corrected chi connectivity index (χ3v) is 5.99. The molecule has 1 aromatic heterocycles. The lowest BCUT2D eigenvalue weighted by atomic mass is 10.1. The number of carbonyl (C=O) groups is 1. The number of hydrogen-bond acceptors (Lipinski definition) is 4. The second-order valence-corrected chi connectivity index (χ2v) is 8.70. The van der Waals surface area contributed by atoms with E-state index in [0.29, 0.717) is 18.8 Å². The SMILES string of the molecule is O=C(c1ccccn1)N1CCN(Cc2ccccc2)CCCNc2ccc(Br)cc2C1. The van der Waals surface area contributed by atoms with Gasteiger partial charge in [-0.1, -0.05) is 52.3 Å². The van der Waals surface area contributed by atoms with E-state index in [2.05, 4.69) is 67.5 Å². The summed E-state index contributed by atoms with van der Waals surface area (Å²) in [5, 5.41) is 3.57. The zero-order valence-corrected chi connectivity index (χ0v) is 19.1. The maximum Gasteiger partial charge on any atom is 0.272 e. The fourth-order valence-corrected chi connectivity index (χ4v) is 4.28. The Labute approximate surface area is 192 Å². The number of pyridine rings is 1. The standard InChI is InChI=1S/C25H27BrN4O/c26-22-10-11-23-21(17-22)19-30(25(31)24-9-4-5-12-28-24)16-15-29(14-6-13-27-23)18-20-7-2-1-3-8-20/h1-5,7-12,17,27H,6,13-16,18-19H2. The molecular formula is C25H27BrN4O. The first kappa shape index (κ1) is 21.5. The Morgan fingerprint density at radius 1 is 1.00 bits per heavy atom. The molecule has 31 heavy (non-hydrogen) atoms. The lowest BCUT2D eigenvalue weighted by Gasteiger charge is -2.27. The van der Waals surface area contributed by atoms with Crippen LogP contribution in [0, 0.1) is 0 Å². The summed E-state index contributed by atoms with van der Waals surface area (Å²) in [6.07, 6.45) is 2.71. The van der Waals surface area contributed by atoms with Crippen molar-refractivity contribution in [2.45, 2.75) is 19.5 Å². The predicted molar refractivity (Wildman–Crippen MR) is 128 cm³/mol. The molecule has 1 amide bonds. The number of hydrogen-bond donors (Lipinski definition) is 1. The number of anilines is 1. The van der Waals surface area contributed by atoms with E-state index in [-0.39, 0.29) is 5.91 Å². The third-order valence-electron chi connectivity index (χ3n) is 5.50. The van der Waals surface area contributed by atoms with Crippen LogP contribution < -0.4 is 5.32 Å². The first-order chi connectivity index (χ1) is 15.2. The van der Waals surface area contributed by atoms with Gasteiger partial charge in [0.15, 0.2) is 0 Å². The van der Waals surface area contributed by atoms with Crippen LogP contribution in [0.15, 0.2) is 77.4 Å². The highest BCUT2D eigenvalue weighted by atomic mass is 79.9. The number of nitrogens with zero attached hydrogens (tertiary/aromatic N) is 3. The summed E-state index contributed by atoms with van der Waals surface area (Å²) in [5.41, 5.74) is 3.96. The molecule has 0 spiro atoms. The lowest BCUT2D eigenvalue weighted by Crippen LogP contribution is -2.38. The summed E-state index contributed by atoms with van der Waals surface area (Å²) in [7, 11) is 0. The van der Waals surface area contributed by atoms with E-state index in [1.54, 1.807) is 12.3 Å². The maximum absolute atomic E-state index is 13.3. The van der Waals surface area contributed by atoms with Crippen LogP contribution in [-0.4, -0.2) is 46.9 Å². The van der Waals surface area contributed by atoms with Gasteiger partial charge < -0.3 is 10.2 Å². The number of halogens is 1. The minimum Gasteiger partial charge on any atom is -0.385 e. The van der Waals surface area contributed by atoms with Gasteiger partial charge in [-0.3, -0.25) is 14.7 Å². The van der Waals surface area contributed by atoms with E-state index < -0.39 is 0 Å². The molecule has 1 N–H and O–H groups in total. The van der Waals surface area contributed by atoms with Crippen LogP contribution in [0.1, 0.15) is 28.0 Å². The van der Waals surface area contributed by atoms with Crippen molar-refractivity contribution < 1.29 is 4.79 Å². The van der Waals surface area contributed by atoms with Gasteiger partial charge in [-0.2, -0.15) is 0 Å². The Morgan fingerprint density at radius 2 is 1.84 bits per heavy atom. The summed E-state index contributed by atoms with van der Waals surface area (Å²) in [5.74, 6) is -0.0366. The van der Waals surface area contributed by atoms with Crippen molar-refractivity contribution in [1.82, 2.24) is 14.8 Å². The molecule has 0 saturated heterocycles. The maximum atomic E-state index is 13.3. The average Bonchev–Trinajstić information content (AvgIpc) is 2.84. The highest BCUT2D eigenvalue weighted by Crippen LogP contribution is 2.24. The molecule has 2 aromatic carbocycles. The molecule has 1 aliphatic rings. The summed E-state index contributed by atoms with van der Waals surface area (Å²) in [6.45, 7) is 4.75. The van der Waals surface area contributed by atoms with Crippen LogP contribution in [0.2, 0.25) is 0 Å². The van der Waals surface area contributed by atoms with Crippen molar-refractivity contribution in [3.63, 3.8) is 0 Å². The quantitative estimate of drug-likeness (QED) is 0.586. The number of nitrogens with one attached hydrogen (secondary N) is 1. The molecule has 4 rings (SSSR count). The molecule has 0 fully saturated rings. The molecule has 0 radical (unpaired) electrons. The van der Waals surface area contributed by atoms with Crippen molar-refractivity contribution in [3.05, 3.63) is 94.2 Å². The van der Waals surface area contributed by atoms with Crippen molar-refractivity contribution >= 4 is 27.5 Å². The first-order valence-corrected chi connectivity index (χ1v) is 11.5. The number of fused-ring (bicyclic) bond motifs is 1. The Hall–Kier alpha value is -2.70. The van der Waals surface area contributed by atoms with Crippen molar-refractivity contribution in [3.8, 4) is 0 Å². The number of benzene rings is 2. The van der Waals surface area contributed by atoms with Gasteiger partial charge in [0.05, 0.1) is 0 Å². The predicted octanol–water partition coefficient (Wildman–Crippen LogP) is 4.80.